The fraction of sp³-hybridized carbons (Fsp3) is 0.154. The second-order valence-corrected chi connectivity index (χ2v) is 4.78. The average molecular weight is 256 g/mol. The zero-order valence-corrected chi connectivity index (χ0v) is 10.5. The van der Waals surface area contributed by atoms with Gasteiger partial charge in [0.1, 0.15) is 11.9 Å². The van der Waals surface area contributed by atoms with Gasteiger partial charge in [0.05, 0.1) is 11.1 Å². The van der Waals surface area contributed by atoms with Crippen LogP contribution in [-0.4, -0.2) is 15.7 Å². The lowest BCUT2D eigenvalue weighted by molar-refractivity contribution is 0.658. The minimum absolute atomic E-state index is 0.449. The van der Waals surface area contributed by atoms with Gasteiger partial charge in [0.15, 0.2) is 0 Å². The van der Waals surface area contributed by atoms with E-state index in [1.165, 1.54) is 18.1 Å². The van der Waals surface area contributed by atoms with Gasteiger partial charge in [-0.3, -0.25) is 0 Å². The van der Waals surface area contributed by atoms with E-state index in [0.717, 1.165) is 10.6 Å². The largest absolute Gasteiger partial charge is 0.309 e. The molecule has 5 heteroatoms. The maximum absolute atomic E-state index is 9.30. The van der Waals surface area contributed by atoms with Crippen LogP contribution in [0, 0.1) is 11.3 Å². The summed E-state index contributed by atoms with van der Waals surface area (Å²) in [5, 5.41) is 10.1. The van der Waals surface area contributed by atoms with Crippen molar-refractivity contribution in [2.24, 2.45) is 5.73 Å². The van der Waals surface area contributed by atoms with Crippen LogP contribution in [0.25, 0.3) is 0 Å². The van der Waals surface area contributed by atoms with Crippen LogP contribution in [0.3, 0.4) is 0 Å². The molecule has 4 nitrogen and oxygen atoms in total. The van der Waals surface area contributed by atoms with E-state index in [2.05, 4.69) is 16.0 Å². The number of aromatic nitrogens is 2. The Balaban J connectivity index is 2.13. The predicted molar refractivity (Wildman–Crippen MR) is 70.7 cm³/mol. The quantitative estimate of drug-likeness (QED) is 0.668. The van der Waals surface area contributed by atoms with Gasteiger partial charge in [-0.25, -0.2) is 9.97 Å². The standard InChI is InChI=1S/C13H12N4S/c14-8-13(15,11-4-2-1-3-5-11)9-18-12-6-7-16-10-17-12/h1-7,10H,9,15H2. The number of nitrogens with zero attached hydrogens (tertiary/aromatic N) is 3. The lowest BCUT2D eigenvalue weighted by Gasteiger charge is -2.21. The Bertz CT molecular complexity index is 538. The normalized spacial score (nSPS) is 13.6. The molecule has 0 aliphatic heterocycles. The summed E-state index contributed by atoms with van der Waals surface area (Å²) in [4.78, 5) is 7.94. The molecule has 2 aromatic rings. The lowest BCUT2D eigenvalue weighted by Crippen LogP contribution is -2.37. The van der Waals surface area contributed by atoms with Crippen molar-refractivity contribution in [3.8, 4) is 6.07 Å². The highest BCUT2D eigenvalue weighted by molar-refractivity contribution is 7.99. The Hall–Kier alpha value is -1.90. The summed E-state index contributed by atoms with van der Waals surface area (Å²) in [5.41, 5.74) is 5.95. The molecule has 1 heterocycles. The fourth-order valence-electron chi connectivity index (χ4n) is 1.47. The number of thioether (sulfide) groups is 1. The molecule has 1 atom stereocenters. The Morgan fingerprint density at radius 2 is 2.06 bits per heavy atom. The maximum Gasteiger partial charge on any atom is 0.139 e. The molecule has 1 unspecified atom stereocenters. The van der Waals surface area contributed by atoms with Crippen LogP contribution in [0.4, 0.5) is 0 Å². The molecular formula is C13H12N4S. The van der Waals surface area contributed by atoms with E-state index in [0.29, 0.717) is 5.75 Å². The van der Waals surface area contributed by atoms with Gasteiger partial charge in [0.25, 0.3) is 0 Å². The van der Waals surface area contributed by atoms with Gasteiger partial charge >= 0.3 is 0 Å². The van der Waals surface area contributed by atoms with Gasteiger partial charge in [0, 0.05) is 11.9 Å². The van der Waals surface area contributed by atoms with Gasteiger partial charge in [-0.1, -0.05) is 30.3 Å². The highest BCUT2D eigenvalue weighted by atomic mass is 32.2. The Morgan fingerprint density at radius 1 is 1.28 bits per heavy atom. The molecule has 0 saturated carbocycles. The van der Waals surface area contributed by atoms with Crippen LogP contribution < -0.4 is 5.73 Å². The summed E-state index contributed by atoms with van der Waals surface area (Å²) >= 11 is 1.45. The highest BCUT2D eigenvalue weighted by Gasteiger charge is 2.27. The van der Waals surface area contributed by atoms with E-state index in [9.17, 15) is 5.26 Å². The molecule has 0 amide bonds. The first-order valence-electron chi connectivity index (χ1n) is 5.39. The average Bonchev–Trinajstić information content (AvgIpc) is 2.47. The second-order valence-electron chi connectivity index (χ2n) is 3.79. The van der Waals surface area contributed by atoms with Gasteiger partial charge in [-0.2, -0.15) is 5.26 Å². The number of nitriles is 1. The van der Waals surface area contributed by atoms with E-state index in [-0.39, 0.29) is 0 Å². The first-order chi connectivity index (χ1) is 8.74. The second kappa shape index (κ2) is 5.63. The molecule has 0 spiro atoms. The molecule has 0 bridgehead atoms. The fourth-order valence-corrected chi connectivity index (χ4v) is 2.35. The van der Waals surface area contributed by atoms with E-state index in [1.807, 2.05) is 30.3 Å². The first kappa shape index (κ1) is 12.6. The predicted octanol–water partition coefficient (Wildman–Crippen LogP) is 1.95. The van der Waals surface area contributed by atoms with Gasteiger partial charge in [0.2, 0.25) is 0 Å². The van der Waals surface area contributed by atoms with Crippen molar-refractivity contribution >= 4 is 11.8 Å². The molecule has 18 heavy (non-hydrogen) atoms. The smallest absolute Gasteiger partial charge is 0.139 e. The third-order valence-electron chi connectivity index (χ3n) is 2.49. The van der Waals surface area contributed by atoms with Gasteiger partial charge < -0.3 is 5.73 Å². The van der Waals surface area contributed by atoms with Crippen LogP contribution in [0.15, 0.2) is 53.9 Å². The van der Waals surface area contributed by atoms with E-state index in [1.54, 1.807) is 12.3 Å². The number of hydrogen-bond acceptors (Lipinski definition) is 5. The monoisotopic (exact) mass is 256 g/mol. The Labute approximate surface area is 110 Å². The molecule has 0 saturated heterocycles. The topological polar surface area (TPSA) is 75.6 Å². The van der Waals surface area contributed by atoms with Crippen LogP contribution in [0.1, 0.15) is 5.56 Å². The maximum atomic E-state index is 9.30. The summed E-state index contributed by atoms with van der Waals surface area (Å²) in [6.45, 7) is 0. The SMILES string of the molecule is N#CC(N)(CSc1ccncn1)c1ccccc1. The first-order valence-corrected chi connectivity index (χ1v) is 6.38. The highest BCUT2D eigenvalue weighted by Crippen LogP contribution is 2.25. The molecule has 90 valence electrons. The van der Waals surface area contributed by atoms with Gasteiger partial charge in [-0.05, 0) is 11.6 Å². The molecule has 0 aliphatic carbocycles. The van der Waals surface area contributed by atoms with E-state index < -0.39 is 5.54 Å². The van der Waals surface area contributed by atoms with Crippen molar-refractivity contribution in [1.82, 2.24) is 9.97 Å². The van der Waals surface area contributed by atoms with Crippen molar-refractivity contribution in [2.75, 3.05) is 5.75 Å². The van der Waals surface area contributed by atoms with Crippen molar-refractivity contribution < 1.29 is 0 Å². The Morgan fingerprint density at radius 3 is 2.67 bits per heavy atom. The zero-order valence-electron chi connectivity index (χ0n) is 9.65. The molecule has 1 aromatic carbocycles. The summed E-state index contributed by atoms with van der Waals surface area (Å²) in [6.07, 6.45) is 3.15. The number of benzene rings is 1. The van der Waals surface area contributed by atoms with Crippen LogP contribution in [-0.2, 0) is 5.54 Å². The molecule has 2 N–H and O–H groups in total. The molecular weight excluding hydrogens is 244 g/mol. The third-order valence-corrected chi connectivity index (χ3v) is 3.63. The van der Waals surface area contributed by atoms with Crippen LogP contribution >= 0.6 is 11.8 Å². The third kappa shape index (κ3) is 2.86. The van der Waals surface area contributed by atoms with Crippen molar-refractivity contribution in [3.05, 3.63) is 54.5 Å². The summed E-state index contributed by atoms with van der Waals surface area (Å²) < 4.78 is 0. The molecule has 0 radical (unpaired) electrons. The number of nitrogens with two attached hydrogens (primary N) is 1. The van der Waals surface area contributed by atoms with Crippen molar-refractivity contribution in [1.29, 1.82) is 5.26 Å². The summed E-state index contributed by atoms with van der Waals surface area (Å²) in [5.74, 6) is 0.449. The van der Waals surface area contributed by atoms with E-state index in [4.69, 9.17) is 5.73 Å². The minimum Gasteiger partial charge on any atom is -0.309 e. The Kier molecular flexibility index (Phi) is 3.92. The van der Waals surface area contributed by atoms with E-state index >= 15 is 0 Å². The number of rotatable bonds is 4. The van der Waals surface area contributed by atoms with Gasteiger partial charge in [-0.15, -0.1) is 11.8 Å². The minimum atomic E-state index is -1.00. The molecule has 2 rings (SSSR count). The lowest BCUT2D eigenvalue weighted by atomic mass is 9.95. The van der Waals surface area contributed by atoms with Crippen molar-refractivity contribution in [2.45, 2.75) is 10.6 Å². The summed E-state index contributed by atoms with van der Waals surface area (Å²) in [6, 6.07) is 13.4. The van der Waals surface area contributed by atoms with Crippen LogP contribution in [0.2, 0.25) is 0 Å². The van der Waals surface area contributed by atoms with Crippen LogP contribution in [0.5, 0.6) is 0 Å². The molecule has 0 aliphatic rings. The molecule has 0 fully saturated rings. The number of hydrogen-bond donors (Lipinski definition) is 1. The van der Waals surface area contributed by atoms with Crippen molar-refractivity contribution in [3.63, 3.8) is 0 Å². The molecule has 1 aromatic heterocycles. The summed E-state index contributed by atoms with van der Waals surface area (Å²) in [7, 11) is 0. The zero-order chi connectivity index (χ0) is 12.8.